The van der Waals surface area contributed by atoms with Crippen LogP contribution in [0.25, 0.3) is 0 Å². The van der Waals surface area contributed by atoms with Crippen LogP contribution in [0.1, 0.15) is 6.42 Å². The summed E-state index contributed by atoms with van der Waals surface area (Å²) in [4.78, 5) is 6.25. The van der Waals surface area contributed by atoms with E-state index >= 15 is 0 Å². The third-order valence-electron chi connectivity index (χ3n) is 2.52. The number of benzene rings is 1. The Balaban J connectivity index is 2.34. The predicted octanol–water partition coefficient (Wildman–Crippen LogP) is 3.90. The van der Waals surface area contributed by atoms with Crippen LogP contribution < -0.4 is 4.90 Å². The van der Waals surface area contributed by atoms with Crippen molar-refractivity contribution in [1.82, 2.24) is 4.98 Å². The average molecular weight is 302 g/mol. The Morgan fingerprint density at radius 2 is 1.94 bits per heavy atom. The second-order valence-corrected chi connectivity index (χ2v) is 4.67. The maximum Gasteiger partial charge on any atom is 0.0640 e. The van der Waals surface area contributed by atoms with Crippen molar-refractivity contribution in [3.8, 4) is 6.07 Å². The summed E-state index contributed by atoms with van der Waals surface area (Å²) in [5, 5.41) is 8.76. The molecule has 1 heterocycles. The average Bonchev–Trinajstić information content (AvgIpc) is 2.40. The molecule has 90 valence electrons. The highest BCUT2D eigenvalue weighted by Gasteiger charge is 2.09. The van der Waals surface area contributed by atoms with Crippen LogP contribution in [0.5, 0.6) is 0 Å². The summed E-state index contributed by atoms with van der Waals surface area (Å²) in [5.41, 5.74) is 2.04. The van der Waals surface area contributed by atoms with E-state index in [0.29, 0.717) is 13.0 Å². The first kappa shape index (κ1) is 12.6. The van der Waals surface area contributed by atoms with Crippen molar-refractivity contribution in [2.75, 3.05) is 11.4 Å². The fourth-order valence-electron chi connectivity index (χ4n) is 1.73. The van der Waals surface area contributed by atoms with E-state index < -0.39 is 0 Å². The van der Waals surface area contributed by atoms with Gasteiger partial charge in [0.2, 0.25) is 0 Å². The summed E-state index contributed by atoms with van der Waals surface area (Å²) < 4.78 is 0.929. The lowest BCUT2D eigenvalue weighted by atomic mass is 10.2. The summed E-state index contributed by atoms with van der Waals surface area (Å²) in [7, 11) is 0. The van der Waals surface area contributed by atoms with Gasteiger partial charge >= 0.3 is 0 Å². The number of para-hydroxylation sites is 1. The number of aromatic nitrogens is 1. The van der Waals surface area contributed by atoms with Crippen molar-refractivity contribution in [3.63, 3.8) is 0 Å². The fraction of sp³-hybridized carbons (Fsp3) is 0.143. The lowest BCUT2D eigenvalue weighted by Gasteiger charge is -2.23. The van der Waals surface area contributed by atoms with Gasteiger partial charge in [-0.1, -0.05) is 18.2 Å². The van der Waals surface area contributed by atoms with Gasteiger partial charge in [0.15, 0.2) is 0 Å². The molecular weight excluding hydrogens is 290 g/mol. The Labute approximate surface area is 115 Å². The van der Waals surface area contributed by atoms with Gasteiger partial charge < -0.3 is 4.90 Å². The molecule has 1 aromatic heterocycles. The third kappa shape index (κ3) is 3.08. The molecule has 2 rings (SSSR count). The van der Waals surface area contributed by atoms with E-state index in [2.05, 4.69) is 31.9 Å². The first-order chi connectivity index (χ1) is 8.81. The number of hydrogen-bond donors (Lipinski definition) is 0. The molecule has 0 aliphatic heterocycles. The smallest absolute Gasteiger partial charge is 0.0640 e. The molecule has 18 heavy (non-hydrogen) atoms. The molecule has 0 atom stereocenters. The number of nitriles is 1. The zero-order chi connectivity index (χ0) is 12.8. The predicted molar refractivity (Wildman–Crippen MR) is 75.6 cm³/mol. The fourth-order valence-corrected chi connectivity index (χ4v) is 2.08. The maximum atomic E-state index is 8.76. The van der Waals surface area contributed by atoms with Crippen molar-refractivity contribution in [2.45, 2.75) is 6.42 Å². The van der Waals surface area contributed by atoms with Crippen LogP contribution in [-0.4, -0.2) is 11.5 Å². The van der Waals surface area contributed by atoms with Gasteiger partial charge in [-0.3, -0.25) is 4.98 Å². The number of anilines is 2. The van der Waals surface area contributed by atoms with Crippen molar-refractivity contribution in [1.29, 1.82) is 5.26 Å². The van der Waals surface area contributed by atoms with Gasteiger partial charge in [-0.25, -0.2) is 0 Å². The van der Waals surface area contributed by atoms with Gasteiger partial charge in [0.05, 0.1) is 24.4 Å². The van der Waals surface area contributed by atoms with E-state index in [-0.39, 0.29) is 0 Å². The zero-order valence-electron chi connectivity index (χ0n) is 9.75. The normalized spacial score (nSPS) is 9.78. The lowest BCUT2D eigenvalue weighted by molar-refractivity contribution is 0.943. The molecule has 0 radical (unpaired) electrons. The van der Waals surface area contributed by atoms with Crippen molar-refractivity contribution in [2.24, 2.45) is 0 Å². The van der Waals surface area contributed by atoms with Crippen molar-refractivity contribution < 1.29 is 0 Å². The summed E-state index contributed by atoms with van der Waals surface area (Å²) in [5.74, 6) is 0. The number of halogens is 1. The molecule has 1 aromatic carbocycles. The van der Waals surface area contributed by atoms with Crippen LogP contribution >= 0.6 is 15.9 Å². The van der Waals surface area contributed by atoms with Crippen LogP contribution in [0.4, 0.5) is 11.4 Å². The van der Waals surface area contributed by atoms with E-state index in [0.717, 1.165) is 15.8 Å². The van der Waals surface area contributed by atoms with Crippen LogP contribution in [0.3, 0.4) is 0 Å². The molecule has 0 unspecified atom stereocenters. The monoisotopic (exact) mass is 301 g/mol. The van der Waals surface area contributed by atoms with Gasteiger partial charge in [0, 0.05) is 22.9 Å². The summed E-state index contributed by atoms with van der Waals surface area (Å²) in [6.07, 6.45) is 4.02. The quantitative estimate of drug-likeness (QED) is 0.860. The molecule has 0 N–H and O–H groups in total. The van der Waals surface area contributed by atoms with Crippen LogP contribution in [-0.2, 0) is 0 Å². The minimum Gasteiger partial charge on any atom is -0.339 e. The van der Waals surface area contributed by atoms with Crippen molar-refractivity contribution in [3.05, 3.63) is 53.3 Å². The highest BCUT2D eigenvalue weighted by atomic mass is 79.9. The number of nitrogens with zero attached hydrogens (tertiary/aromatic N) is 3. The van der Waals surface area contributed by atoms with E-state index in [9.17, 15) is 0 Å². The largest absolute Gasteiger partial charge is 0.339 e. The Kier molecular flexibility index (Phi) is 4.32. The molecule has 0 bridgehead atoms. The van der Waals surface area contributed by atoms with Crippen molar-refractivity contribution >= 4 is 27.3 Å². The van der Waals surface area contributed by atoms with Gasteiger partial charge in [-0.2, -0.15) is 5.26 Å². The van der Waals surface area contributed by atoms with E-state index in [1.54, 1.807) is 12.4 Å². The van der Waals surface area contributed by atoms with E-state index in [1.165, 1.54) is 0 Å². The standard InChI is InChI=1S/C14H12BrN3/c15-12-9-14(11-17-10-12)18(8-4-7-16)13-5-2-1-3-6-13/h1-3,5-6,9-11H,4,8H2. The molecule has 3 nitrogen and oxygen atoms in total. The van der Waals surface area contributed by atoms with Crippen LogP contribution in [0.15, 0.2) is 53.3 Å². The molecule has 0 saturated heterocycles. The number of hydrogen-bond acceptors (Lipinski definition) is 3. The summed E-state index contributed by atoms with van der Waals surface area (Å²) >= 11 is 3.42. The van der Waals surface area contributed by atoms with Gasteiger partial charge in [0.25, 0.3) is 0 Å². The first-order valence-electron chi connectivity index (χ1n) is 5.61. The molecular formula is C14H12BrN3. The first-order valence-corrected chi connectivity index (χ1v) is 6.40. The topological polar surface area (TPSA) is 39.9 Å². The SMILES string of the molecule is N#CCCN(c1ccccc1)c1cncc(Br)c1. The highest BCUT2D eigenvalue weighted by molar-refractivity contribution is 9.10. The van der Waals surface area contributed by atoms with Gasteiger partial charge in [0.1, 0.15) is 0 Å². The summed E-state index contributed by atoms with van der Waals surface area (Å²) in [6.45, 7) is 0.651. The van der Waals surface area contributed by atoms with E-state index in [4.69, 9.17) is 5.26 Å². The second-order valence-electron chi connectivity index (χ2n) is 3.76. The van der Waals surface area contributed by atoms with Crippen LogP contribution in [0.2, 0.25) is 0 Å². The molecule has 0 spiro atoms. The second kappa shape index (κ2) is 6.18. The number of rotatable bonds is 4. The molecule has 0 aliphatic carbocycles. The molecule has 4 heteroatoms. The Morgan fingerprint density at radius 1 is 1.17 bits per heavy atom. The van der Waals surface area contributed by atoms with Gasteiger partial charge in [-0.15, -0.1) is 0 Å². The third-order valence-corrected chi connectivity index (χ3v) is 2.95. The molecule has 0 amide bonds. The molecule has 0 fully saturated rings. The minimum absolute atomic E-state index is 0.474. The molecule has 0 aliphatic rings. The van der Waals surface area contributed by atoms with Crippen LogP contribution in [0, 0.1) is 11.3 Å². The van der Waals surface area contributed by atoms with Gasteiger partial charge in [-0.05, 0) is 34.1 Å². The Morgan fingerprint density at radius 3 is 2.61 bits per heavy atom. The minimum atomic E-state index is 0.474. The highest BCUT2D eigenvalue weighted by Crippen LogP contribution is 2.26. The molecule has 0 saturated carbocycles. The lowest BCUT2D eigenvalue weighted by Crippen LogP contribution is -2.18. The number of pyridine rings is 1. The Hall–Kier alpha value is -1.86. The van der Waals surface area contributed by atoms with E-state index in [1.807, 2.05) is 36.4 Å². The molecule has 2 aromatic rings. The Bertz CT molecular complexity index is 548. The maximum absolute atomic E-state index is 8.76. The zero-order valence-corrected chi connectivity index (χ0v) is 11.3. The summed E-state index contributed by atoms with van der Waals surface area (Å²) in [6, 6.07) is 14.2.